The molecule has 7 nitrogen and oxygen atoms in total. The third-order valence-electron chi connectivity index (χ3n) is 8.17. The Labute approximate surface area is 283 Å². The average molecular weight is 679 g/mol. The maximum Gasteiger partial charge on any atom is 0.295 e. The van der Waals surface area contributed by atoms with Crippen molar-refractivity contribution in [3.63, 3.8) is 0 Å². The summed E-state index contributed by atoms with van der Waals surface area (Å²) in [4.78, 5) is 0.865. The van der Waals surface area contributed by atoms with Crippen LogP contribution in [0.15, 0.2) is 99.6 Å². The number of rotatable bonds is 18. The number of phenolic OH excluding ortho intramolecular Hbond substituents is 1. The second-order valence-corrected chi connectivity index (χ2v) is 14.3. The van der Waals surface area contributed by atoms with Gasteiger partial charge in [0.25, 0.3) is 10.1 Å². The van der Waals surface area contributed by atoms with E-state index >= 15 is 0 Å². The summed E-state index contributed by atoms with van der Waals surface area (Å²) in [5.41, 5.74) is 2.29. The Bertz CT molecular complexity index is 1690. The molecule has 0 heterocycles. The Morgan fingerprint density at radius 2 is 1.47 bits per heavy atom. The smallest absolute Gasteiger partial charge is 0.295 e. The SMILES string of the molecule is CCCCCCCCC(O)c1ccc(O)c(C(O)c2ccccc2-c2ccc(Sc3ccc(OCCCC)cc3)c(S(=O)(=O)O)c2)c1. The van der Waals surface area contributed by atoms with E-state index in [0.717, 1.165) is 42.7 Å². The van der Waals surface area contributed by atoms with Crippen LogP contribution < -0.4 is 4.74 Å². The van der Waals surface area contributed by atoms with Crippen molar-refractivity contribution in [2.45, 2.75) is 98.5 Å². The predicted molar refractivity (Wildman–Crippen MR) is 188 cm³/mol. The molecule has 0 aliphatic carbocycles. The van der Waals surface area contributed by atoms with Crippen LogP contribution in [-0.4, -0.2) is 34.9 Å². The predicted octanol–water partition coefficient (Wildman–Crippen LogP) is 9.50. The first-order valence-electron chi connectivity index (χ1n) is 16.4. The number of aliphatic hydroxyl groups excluding tert-OH is 2. The molecule has 0 aliphatic rings. The van der Waals surface area contributed by atoms with E-state index in [1.807, 2.05) is 24.3 Å². The Kier molecular flexibility index (Phi) is 13.8. The fourth-order valence-electron chi connectivity index (χ4n) is 5.48. The Morgan fingerprint density at radius 1 is 0.766 bits per heavy atom. The van der Waals surface area contributed by atoms with Gasteiger partial charge in [-0.05, 0) is 83.6 Å². The number of phenols is 1. The van der Waals surface area contributed by atoms with E-state index in [1.165, 1.54) is 43.2 Å². The zero-order valence-electron chi connectivity index (χ0n) is 27.1. The van der Waals surface area contributed by atoms with Gasteiger partial charge < -0.3 is 20.1 Å². The van der Waals surface area contributed by atoms with Crippen molar-refractivity contribution in [1.29, 1.82) is 0 Å². The standard InChI is InChI=1S/C38H46O7S2/c1-3-5-7-8-9-10-15-34(39)28-16-22-35(40)33(25-28)38(41)32-14-12-11-13-31(32)27-17-23-36(37(26-27)47(42,43)44)46-30-20-18-29(19-21-30)45-24-6-4-2/h11-14,16-23,25-26,34,38-41H,3-10,15,24H2,1-2H3,(H,42,43,44). The Hall–Kier alpha value is -3.34. The van der Waals surface area contributed by atoms with E-state index in [4.69, 9.17) is 4.74 Å². The minimum atomic E-state index is -4.60. The van der Waals surface area contributed by atoms with Crippen molar-refractivity contribution in [2.24, 2.45) is 0 Å². The second-order valence-electron chi connectivity index (χ2n) is 11.8. The molecule has 47 heavy (non-hydrogen) atoms. The molecule has 252 valence electrons. The molecule has 4 N–H and O–H groups in total. The van der Waals surface area contributed by atoms with Crippen molar-refractivity contribution in [3.8, 4) is 22.6 Å². The molecule has 0 amide bonds. The zero-order valence-corrected chi connectivity index (χ0v) is 28.8. The molecule has 2 atom stereocenters. The van der Waals surface area contributed by atoms with Crippen LogP contribution >= 0.6 is 11.8 Å². The number of aromatic hydroxyl groups is 1. The molecule has 0 radical (unpaired) electrons. The summed E-state index contributed by atoms with van der Waals surface area (Å²) in [5, 5.41) is 33.2. The van der Waals surface area contributed by atoms with Gasteiger partial charge in [0.05, 0.1) is 12.7 Å². The summed E-state index contributed by atoms with van der Waals surface area (Å²) in [5.74, 6) is 0.613. The lowest BCUT2D eigenvalue weighted by molar-refractivity contribution is 0.162. The van der Waals surface area contributed by atoms with Crippen LogP contribution in [0.4, 0.5) is 0 Å². The minimum Gasteiger partial charge on any atom is -0.508 e. The molecular formula is C38H46O7S2. The third kappa shape index (κ3) is 10.3. The minimum absolute atomic E-state index is 0.116. The molecule has 0 aliphatic heterocycles. The van der Waals surface area contributed by atoms with Gasteiger partial charge >= 0.3 is 0 Å². The highest BCUT2D eigenvalue weighted by Crippen LogP contribution is 2.40. The topological polar surface area (TPSA) is 124 Å². The van der Waals surface area contributed by atoms with Gasteiger partial charge in [-0.3, -0.25) is 4.55 Å². The van der Waals surface area contributed by atoms with Gasteiger partial charge in [0, 0.05) is 15.4 Å². The average Bonchev–Trinajstić information content (AvgIpc) is 3.06. The van der Waals surface area contributed by atoms with Crippen LogP contribution in [-0.2, 0) is 10.1 Å². The van der Waals surface area contributed by atoms with Crippen molar-refractivity contribution < 1.29 is 33.0 Å². The molecule has 4 aromatic rings. The second kappa shape index (κ2) is 17.7. The summed E-state index contributed by atoms with van der Waals surface area (Å²) >= 11 is 1.20. The summed E-state index contributed by atoms with van der Waals surface area (Å²) in [6, 6.07) is 23.9. The van der Waals surface area contributed by atoms with Gasteiger partial charge in [-0.2, -0.15) is 8.42 Å². The van der Waals surface area contributed by atoms with Crippen LogP contribution in [0.5, 0.6) is 11.5 Å². The van der Waals surface area contributed by atoms with Gasteiger partial charge in [-0.25, -0.2) is 0 Å². The first kappa shape index (κ1) is 36.5. The molecule has 2 unspecified atom stereocenters. The van der Waals surface area contributed by atoms with Gasteiger partial charge in [0.1, 0.15) is 22.5 Å². The van der Waals surface area contributed by atoms with E-state index in [2.05, 4.69) is 13.8 Å². The largest absolute Gasteiger partial charge is 0.508 e. The van der Waals surface area contributed by atoms with E-state index in [0.29, 0.717) is 40.2 Å². The van der Waals surface area contributed by atoms with Gasteiger partial charge in [-0.1, -0.05) is 107 Å². The zero-order chi connectivity index (χ0) is 33.8. The molecule has 4 rings (SSSR count). The molecule has 4 aromatic carbocycles. The Balaban J connectivity index is 1.58. The van der Waals surface area contributed by atoms with Crippen LogP contribution in [0.25, 0.3) is 11.1 Å². The van der Waals surface area contributed by atoms with Crippen molar-refractivity contribution >= 4 is 21.9 Å². The van der Waals surface area contributed by atoms with Crippen molar-refractivity contribution in [1.82, 2.24) is 0 Å². The molecule has 0 aromatic heterocycles. The maximum atomic E-state index is 12.6. The van der Waals surface area contributed by atoms with E-state index in [-0.39, 0.29) is 16.2 Å². The van der Waals surface area contributed by atoms with E-state index < -0.39 is 22.3 Å². The fraction of sp³-hybridized carbons (Fsp3) is 0.368. The highest BCUT2D eigenvalue weighted by molar-refractivity contribution is 8.00. The molecule has 0 saturated heterocycles. The number of unbranched alkanes of at least 4 members (excludes halogenated alkanes) is 6. The number of ether oxygens (including phenoxy) is 1. The number of aliphatic hydroxyl groups is 2. The maximum absolute atomic E-state index is 12.6. The summed E-state index contributed by atoms with van der Waals surface area (Å²) < 4.78 is 41.1. The summed E-state index contributed by atoms with van der Waals surface area (Å²) in [6.07, 6.45) is 7.23. The van der Waals surface area contributed by atoms with Gasteiger partial charge in [0.15, 0.2) is 0 Å². The van der Waals surface area contributed by atoms with E-state index in [9.17, 15) is 28.3 Å². The molecule has 0 fully saturated rings. The quantitative estimate of drug-likeness (QED) is 0.0606. The fourth-order valence-corrected chi connectivity index (χ4v) is 7.34. The molecule has 0 bridgehead atoms. The number of benzene rings is 4. The normalized spacial score (nSPS) is 13.0. The van der Waals surface area contributed by atoms with Crippen molar-refractivity contribution in [3.05, 3.63) is 102 Å². The lowest BCUT2D eigenvalue weighted by Crippen LogP contribution is -2.06. The first-order valence-corrected chi connectivity index (χ1v) is 18.7. The molecule has 9 heteroatoms. The molecule has 0 spiro atoms. The number of hydrogen-bond acceptors (Lipinski definition) is 7. The van der Waals surface area contributed by atoms with E-state index in [1.54, 1.807) is 48.5 Å². The molecular weight excluding hydrogens is 633 g/mol. The van der Waals surface area contributed by atoms with Crippen molar-refractivity contribution in [2.75, 3.05) is 6.61 Å². The lowest BCUT2D eigenvalue weighted by atomic mass is 9.90. The lowest BCUT2D eigenvalue weighted by Gasteiger charge is -2.20. The summed E-state index contributed by atoms with van der Waals surface area (Å²) in [7, 11) is -4.60. The third-order valence-corrected chi connectivity index (χ3v) is 10.3. The summed E-state index contributed by atoms with van der Waals surface area (Å²) in [6.45, 7) is 4.90. The monoisotopic (exact) mass is 678 g/mol. The molecule has 0 saturated carbocycles. The van der Waals surface area contributed by atoms with Gasteiger partial charge in [-0.15, -0.1) is 0 Å². The Morgan fingerprint density at radius 3 is 2.19 bits per heavy atom. The van der Waals surface area contributed by atoms with Crippen LogP contribution in [0.2, 0.25) is 0 Å². The highest BCUT2D eigenvalue weighted by atomic mass is 32.2. The van der Waals surface area contributed by atoms with Gasteiger partial charge in [0.2, 0.25) is 0 Å². The number of hydrogen-bond donors (Lipinski definition) is 4. The van der Waals surface area contributed by atoms with Crippen LogP contribution in [0.3, 0.4) is 0 Å². The van der Waals surface area contributed by atoms with Crippen LogP contribution in [0, 0.1) is 0 Å². The first-order chi connectivity index (χ1) is 22.6. The van der Waals surface area contributed by atoms with Crippen LogP contribution in [0.1, 0.15) is 101 Å². The highest BCUT2D eigenvalue weighted by Gasteiger charge is 2.23.